The summed E-state index contributed by atoms with van der Waals surface area (Å²) in [5.74, 6) is 0.683. The molecule has 154 valence electrons. The van der Waals surface area contributed by atoms with Gasteiger partial charge >= 0.3 is 0 Å². The highest BCUT2D eigenvalue weighted by molar-refractivity contribution is 7.23. The number of nitrogens with one attached hydrogen (secondary N) is 1. The number of anilines is 2. The van der Waals surface area contributed by atoms with Crippen LogP contribution in [0.4, 0.5) is 10.7 Å². The maximum Gasteiger partial charge on any atom is 0.260 e. The second kappa shape index (κ2) is 8.00. The van der Waals surface area contributed by atoms with Crippen molar-refractivity contribution in [3.8, 4) is 5.75 Å². The number of ether oxygens (including phenoxy) is 1. The Balaban J connectivity index is 1.63. The van der Waals surface area contributed by atoms with Gasteiger partial charge in [0.1, 0.15) is 16.3 Å². The van der Waals surface area contributed by atoms with E-state index in [9.17, 15) is 4.79 Å². The summed E-state index contributed by atoms with van der Waals surface area (Å²) in [6.45, 7) is 0. The smallest absolute Gasteiger partial charge is 0.260 e. The molecule has 2 atom stereocenters. The van der Waals surface area contributed by atoms with E-state index in [-0.39, 0.29) is 11.9 Å². The highest BCUT2D eigenvalue weighted by atomic mass is 32.1. The zero-order valence-electron chi connectivity index (χ0n) is 16.6. The number of aromatic nitrogens is 3. The van der Waals surface area contributed by atoms with Gasteiger partial charge < -0.3 is 21.5 Å². The predicted molar refractivity (Wildman–Crippen MR) is 116 cm³/mol. The van der Waals surface area contributed by atoms with Gasteiger partial charge in [-0.15, -0.1) is 11.3 Å². The van der Waals surface area contributed by atoms with Gasteiger partial charge in [-0.2, -0.15) is 5.10 Å². The number of methoxy groups -OCH3 is 1. The van der Waals surface area contributed by atoms with E-state index < -0.39 is 0 Å². The van der Waals surface area contributed by atoms with Gasteiger partial charge in [0.05, 0.1) is 41.1 Å². The van der Waals surface area contributed by atoms with Crippen LogP contribution in [0, 0.1) is 0 Å². The standard InChI is InChI=1S/C20H26N6O2S/c1-26-18(11-4-3-5-12(21)7-6-11)14(10-24-26)25-20(27)16-17-15(29-19(16)22)8-13(28-2)9-23-17/h8-12H,3-7,21-22H2,1-2H3,(H,25,27). The number of aryl methyl sites for hydroxylation is 1. The van der Waals surface area contributed by atoms with Crippen molar-refractivity contribution in [3.63, 3.8) is 0 Å². The minimum absolute atomic E-state index is 0.256. The van der Waals surface area contributed by atoms with Crippen molar-refractivity contribution in [2.24, 2.45) is 12.8 Å². The molecule has 0 bridgehead atoms. The van der Waals surface area contributed by atoms with Gasteiger partial charge in [0.15, 0.2) is 0 Å². The summed E-state index contributed by atoms with van der Waals surface area (Å²) < 4.78 is 7.89. The molecule has 5 N–H and O–H groups in total. The fourth-order valence-electron chi connectivity index (χ4n) is 4.13. The van der Waals surface area contributed by atoms with Gasteiger partial charge in [-0.05, 0) is 25.7 Å². The van der Waals surface area contributed by atoms with E-state index in [0.717, 1.165) is 48.2 Å². The van der Waals surface area contributed by atoms with Crippen molar-refractivity contribution in [1.29, 1.82) is 0 Å². The van der Waals surface area contributed by atoms with E-state index in [4.69, 9.17) is 16.2 Å². The zero-order valence-corrected chi connectivity index (χ0v) is 17.5. The third-order valence-corrected chi connectivity index (χ3v) is 6.58. The largest absolute Gasteiger partial charge is 0.495 e. The zero-order chi connectivity index (χ0) is 20.5. The van der Waals surface area contributed by atoms with Crippen LogP contribution >= 0.6 is 11.3 Å². The first-order chi connectivity index (χ1) is 14.0. The van der Waals surface area contributed by atoms with Crippen molar-refractivity contribution in [1.82, 2.24) is 14.8 Å². The first-order valence-electron chi connectivity index (χ1n) is 9.78. The number of pyridine rings is 1. The minimum atomic E-state index is -0.272. The fourth-order valence-corrected chi connectivity index (χ4v) is 5.08. The molecule has 1 saturated carbocycles. The SMILES string of the molecule is COc1cnc2c(C(=O)Nc3cnn(C)c3C3CCCC(N)CC3)c(N)sc2c1. The highest BCUT2D eigenvalue weighted by Crippen LogP contribution is 2.37. The maximum atomic E-state index is 13.1. The van der Waals surface area contributed by atoms with Gasteiger partial charge in [0.25, 0.3) is 5.91 Å². The lowest BCUT2D eigenvalue weighted by atomic mass is 9.95. The number of fused-ring (bicyclic) bond motifs is 1. The van der Waals surface area contributed by atoms with Crippen LogP contribution in [0.15, 0.2) is 18.5 Å². The van der Waals surface area contributed by atoms with Crippen LogP contribution in [0.1, 0.15) is 54.1 Å². The van der Waals surface area contributed by atoms with Crippen LogP contribution in [0.5, 0.6) is 5.75 Å². The van der Waals surface area contributed by atoms with Gasteiger partial charge in [-0.1, -0.05) is 6.42 Å². The van der Waals surface area contributed by atoms with Crippen LogP contribution in [0.25, 0.3) is 10.2 Å². The van der Waals surface area contributed by atoms with E-state index in [1.54, 1.807) is 19.5 Å². The summed E-state index contributed by atoms with van der Waals surface area (Å²) in [5.41, 5.74) is 15.0. The first kappa shape index (κ1) is 19.7. The van der Waals surface area contributed by atoms with Crippen LogP contribution < -0.4 is 21.5 Å². The third kappa shape index (κ3) is 3.79. The van der Waals surface area contributed by atoms with Gasteiger partial charge in [-0.3, -0.25) is 14.5 Å². The number of nitrogens with zero attached hydrogens (tertiary/aromatic N) is 3. The Kier molecular flexibility index (Phi) is 5.42. The summed E-state index contributed by atoms with van der Waals surface area (Å²) in [6.07, 6.45) is 8.45. The molecule has 0 aliphatic heterocycles. The lowest BCUT2D eigenvalue weighted by Crippen LogP contribution is -2.18. The third-order valence-electron chi connectivity index (χ3n) is 5.63. The Labute approximate surface area is 173 Å². The molecule has 0 aromatic carbocycles. The van der Waals surface area contributed by atoms with E-state index in [2.05, 4.69) is 15.4 Å². The Morgan fingerprint density at radius 1 is 1.31 bits per heavy atom. The van der Waals surface area contributed by atoms with E-state index in [1.807, 2.05) is 17.8 Å². The second-order valence-corrected chi connectivity index (χ2v) is 8.63. The van der Waals surface area contributed by atoms with Gasteiger partial charge in [0, 0.05) is 25.1 Å². The monoisotopic (exact) mass is 414 g/mol. The number of rotatable bonds is 4. The molecule has 3 heterocycles. The van der Waals surface area contributed by atoms with E-state index in [0.29, 0.717) is 27.7 Å². The Morgan fingerprint density at radius 3 is 2.93 bits per heavy atom. The number of amides is 1. The summed E-state index contributed by atoms with van der Waals surface area (Å²) >= 11 is 1.33. The molecule has 1 aliphatic carbocycles. The average Bonchev–Trinajstić information content (AvgIpc) is 3.13. The number of hydrogen-bond acceptors (Lipinski definition) is 7. The van der Waals surface area contributed by atoms with Gasteiger partial charge in [0.2, 0.25) is 0 Å². The quantitative estimate of drug-likeness (QED) is 0.564. The number of nitrogens with two attached hydrogens (primary N) is 2. The molecule has 1 fully saturated rings. The molecule has 0 spiro atoms. The van der Waals surface area contributed by atoms with Crippen LogP contribution in [-0.2, 0) is 7.05 Å². The van der Waals surface area contributed by atoms with Gasteiger partial charge in [-0.25, -0.2) is 0 Å². The van der Waals surface area contributed by atoms with Crippen molar-refractivity contribution < 1.29 is 9.53 Å². The predicted octanol–water partition coefficient (Wildman–Crippen LogP) is 3.25. The number of hydrogen-bond donors (Lipinski definition) is 3. The molecule has 0 radical (unpaired) electrons. The number of carbonyl (C=O) groups excluding carboxylic acids is 1. The molecule has 8 nitrogen and oxygen atoms in total. The fraction of sp³-hybridized carbons (Fsp3) is 0.450. The van der Waals surface area contributed by atoms with Crippen molar-refractivity contribution >= 4 is 38.1 Å². The lowest BCUT2D eigenvalue weighted by molar-refractivity contribution is 0.102. The van der Waals surface area contributed by atoms with Crippen LogP contribution in [0.2, 0.25) is 0 Å². The molecule has 1 aliphatic rings. The second-order valence-electron chi connectivity index (χ2n) is 7.55. The molecule has 2 unspecified atom stereocenters. The van der Waals surface area contributed by atoms with E-state index >= 15 is 0 Å². The minimum Gasteiger partial charge on any atom is -0.495 e. The molecular weight excluding hydrogens is 388 g/mol. The topological polar surface area (TPSA) is 121 Å². The summed E-state index contributed by atoms with van der Waals surface area (Å²) in [7, 11) is 3.50. The summed E-state index contributed by atoms with van der Waals surface area (Å²) in [6, 6.07) is 2.09. The average molecular weight is 415 g/mol. The first-order valence-corrected chi connectivity index (χ1v) is 10.6. The summed E-state index contributed by atoms with van der Waals surface area (Å²) in [5, 5.41) is 7.85. The van der Waals surface area contributed by atoms with Crippen LogP contribution in [0.3, 0.4) is 0 Å². The number of nitrogen functional groups attached to an aromatic ring is 1. The highest BCUT2D eigenvalue weighted by Gasteiger charge is 2.26. The lowest BCUT2D eigenvalue weighted by Gasteiger charge is -2.17. The molecule has 3 aromatic rings. The molecule has 3 aromatic heterocycles. The Bertz CT molecular complexity index is 1040. The van der Waals surface area contributed by atoms with Crippen molar-refractivity contribution in [2.75, 3.05) is 18.2 Å². The Hall–Kier alpha value is -2.65. The maximum absolute atomic E-state index is 13.1. The summed E-state index contributed by atoms with van der Waals surface area (Å²) in [4.78, 5) is 17.5. The molecule has 29 heavy (non-hydrogen) atoms. The molecule has 0 saturated heterocycles. The van der Waals surface area contributed by atoms with Crippen LogP contribution in [-0.4, -0.2) is 33.8 Å². The molecule has 1 amide bonds. The number of thiophene rings is 1. The van der Waals surface area contributed by atoms with Crippen molar-refractivity contribution in [3.05, 3.63) is 29.7 Å². The molecule has 9 heteroatoms. The van der Waals surface area contributed by atoms with Crippen molar-refractivity contribution in [2.45, 2.75) is 44.1 Å². The normalized spacial score (nSPS) is 19.8. The molecular formula is C20H26N6O2S. The Morgan fingerprint density at radius 2 is 2.14 bits per heavy atom. The molecule has 4 rings (SSSR count). The van der Waals surface area contributed by atoms with E-state index in [1.165, 1.54) is 11.3 Å². The number of carbonyl (C=O) groups is 1.